The van der Waals surface area contributed by atoms with Gasteiger partial charge in [-0.1, -0.05) is 6.92 Å². The molecule has 3 N–H and O–H groups in total. The quantitative estimate of drug-likeness (QED) is 0.803. The lowest BCUT2D eigenvalue weighted by Gasteiger charge is -2.44. The van der Waals surface area contributed by atoms with Gasteiger partial charge in [0.05, 0.1) is 5.60 Å². The van der Waals surface area contributed by atoms with E-state index in [9.17, 15) is 22.3 Å². The molecule has 0 atom stereocenters. The zero-order valence-corrected chi connectivity index (χ0v) is 11.0. The van der Waals surface area contributed by atoms with E-state index in [0.717, 1.165) is 16.4 Å². The summed E-state index contributed by atoms with van der Waals surface area (Å²) < 4.78 is 52.2. The zero-order chi connectivity index (χ0) is 14.4. The van der Waals surface area contributed by atoms with Crippen molar-refractivity contribution in [3.63, 3.8) is 0 Å². The van der Waals surface area contributed by atoms with Gasteiger partial charge < -0.3 is 10.8 Å². The van der Waals surface area contributed by atoms with Gasteiger partial charge in [0.1, 0.15) is 11.6 Å². The first-order valence-corrected chi connectivity index (χ1v) is 7.11. The Morgan fingerprint density at radius 3 is 2.26 bits per heavy atom. The van der Waals surface area contributed by atoms with E-state index in [1.807, 2.05) is 0 Å². The van der Waals surface area contributed by atoms with E-state index >= 15 is 0 Å². The number of hydrogen-bond acceptors (Lipinski definition) is 4. The number of hydrogen-bond donors (Lipinski definition) is 2. The number of benzene rings is 1. The second kappa shape index (κ2) is 4.39. The van der Waals surface area contributed by atoms with Crippen LogP contribution in [0.4, 0.5) is 14.5 Å². The highest BCUT2D eigenvalue weighted by atomic mass is 32.2. The summed E-state index contributed by atoms with van der Waals surface area (Å²) in [7, 11) is -4.29. The predicted octanol–water partition coefficient (Wildman–Crippen LogP) is 0.692. The summed E-state index contributed by atoms with van der Waals surface area (Å²) in [5.74, 6) is -2.46. The first kappa shape index (κ1) is 14.2. The SMILES string of the molecule is CCC1(O)CN(S(=O)(=O)c2c(F)cc(N)cc2F)C1. The number of sulfonamides is 1. The molecular formula is C11H14F2N2O3S. The number of nitrogens with two attached hydrogens (primary N) is 1. The predicted molar refractivity (Wildman–Crippen MR) is 64.8 cm³/mol. The average molecular weight is 292 g/mol. The van der Waals surface area contributed by atoms with E-state index in [1.54, 1.807) is 6.92 Å². The summed E-state index contributed by atoms with van der Waals surface area (Å²) in [5, 5.41) is 9.77. The van der Waals surface area contributed by atoms with Gasteiger partial charge in [0.2, 0.25) is 10.0 Å². The average Bonchev–Trinajstić information content (AvgIpc) is 2.22. The number of nitrogen functional groups attached to an aromatic ring is 1. The van der Waals surface area contributed by atoms with Gasteiger partial charge in [0, 0.05) is 18.8 Å². The van der Waals surface area contributed by atoms with Gasteiger partial charge in [-0.25, -0.2) is 17.2 Å². The third kappa shape index (κ3) is 2.31. The van der Waals surface area contributed by atoms with Gasteiger partial charge in [0.25, 0.3) is 0 Å². The minimum atomic E-state index is -4.29. The molecule has 0 amide bonds. The number of nitrogens with zero attached hydrogens (tertiary/aromatic N) is 1. The van der Waals surface area contributed by atoms with Crippen molar-refractivity contribution in [1.82, 2.24) is 4.31 Å². The molecule has 5 nitrogen and oxygen atoms in total. The fraction of sp³-hybridized carbons (Fsp3) is 0.455. The normalized spacial score (nSPS) is 19.2. The molecule has 0 radical (unpaired) electrons. The van der Waals surface area contributed by atoms with Crippen LogP contribution in [0.2, 0.25) is 0 Å². The summed E-state index contributed by atoms with van der Waals surface area (Å²) in [6, 6.07) is 1.50. The topological polar surface area (TPSA) is 83.6 Å². The molecule has 2 rings (SSSR count). The summed E-state index contributed by atoms with van der Waals surface area (Å²) in [5.41, 5.74) is 3.92. The zero-order valence-electron chi connectivity index (χ0n) is 10.2. The second-order valence-electron chi connectivity index (χ2n) is 4.66. The van der Waals surface area contributed by atoms with Crippen molar-refractivity contribution in [2.45, 2.75) is 23.8 Å². The first-order chi connectivity index (χ1) is 8.69. The summed E-state index contributed by atoms with van der Waals surface area (Å²) >= 11 is 0. The van der Waals surface area contributed by atoms with Crippen LogP contribution >= 0.6 is 0 Å². The van der Waals surface area contributed by atoms with Crippen molar-refractivity contribution < 1.29 is 22.3 Å². The molecule has 1 saturated heterocycles. The lowest BCUT2D eigenvalue weighted by Crippen LogP contribution is -2.63. The smallest absolute Gasteiger partial charge is 0.249 e. The highest BCUT2D eigenvalue weighted by Crippen LogP contribution is 2.32. The largest absolute Gasteiger partial charge is 0.399 e. The molecule has 0 spiro atoms. The van der Waals surface area contributed by atoms with E-state index < -0.39 is 32.2 Å². The molecule has 1 aromatic rings. The maximum atomic E-state index is 13.6. The Labute approximate surface area is 109 Å². The van der Waals surface area contributed by atoms with Crippen LogP contribution in [0.15, 0.2) is 17.0 Å². The monoisotopic (exact) mass is 292 g/mol. The van der Waals surface area contributed by atoms with Crippen LogP contribution < -0.4 is 5.73 Å². The van der Waals surface area contributed by atoms with Crippen molar-refractivity contribution in [2.24, 2.45) is 0 Å². The Morgan fingerprint density at radius 2 is 1.84 bits per heavy atom. The minimum absolute atomic E-state index is 0.172. The summed E-state index contributed by atoms with van der Waals surface area (Å²) in [6.07, 6.45) is 0.367. The van der Waals surface area contributed by atoms with Crippen LogP contribution in [0.1, 0.15) is 13.3 Å². The molecule has 0 unspecified atom stereocenters. The van der Waals surface area contributed by atoms with Gasteiger partial charge in [-0.3, -0.25) is 0 Å². The molecule has 1 heterocycles. The number of aliphatic hydroxyl groups is 1. The third-order valence-electron chi connectivity index (χ3n) is 3.22. The number of anilines is 1. The summed E-state index contributed by atoms with van der Waals surface area (Å²) in [4.78, 5) is -1.03. The molecule has 0 bridgehead atoms. The standard InChI is InChI=1S/C11H14F2N2O3S/c1-2-11(16)5-15(6-11)19(17,18)10-8(12)3-7(14)4-9(10)13/h3-4,16H,2,5-6,14H2,1H3. The van der Waals surface area contributed by atoms with Crippen LogP contribution in [0, 0.1) is 11.6 Å². The third-order valence-corrected chi connectivity index (χ3v) is 5.06. The Kier molecular flexibility index (Phi) is 3.28. The molecular weight excluding hydrogens is 278 g/mol. The van der Waals surface area contributed by atoms with Gasteiger partial charge in [0.15, 0.2) is 4.90 Å². The van der Waals surface area contributed by atoms with E-state index in [-0.39, 0.29) is 18.8 Å². The van der Waals surface area contributed by atoms with Crippen molar-refractivity contribution >= 4 is 15.7 Å². The highest BCUT2D eigenvalue weighted by Gasteiger charge is 2.47. The van der Waals surface area contributed by atoms with Gasteiger partial charge in [-0.2, -0.15) is 4.31 Å². The van der Waals surface area contributed by atoms with Gasteiger partial charge >= 0.3 is 0 Å². The van der Waals surface area contributed by atoms with Crippen molar-refractivity contribution in [1.29, 1.82) is 0 Å². The van der Waals surface area contributed by atoms with Crippen molar-refractivity contribution in [2.75, 3.05) is 18.8 Å². The van der Waals surface area contributed by atoms with Crippen LogP contribution in [0.25, 0.3) is 0 Å². The number of halogens is 2. The van der Waals surface area contributed by atoms with E-state index in [0.29, 0.717) is 6.42 Å². The maximum Gasteiger partial charge on any atom is 0.249 e. The Balaban J connectivity index is 2.38. The minimum Gasteiger partial charge on any atom is -0.399 e. The molecule has 1 aliphatic heterocycles. The van der Waals surface area contributed by atoms with Crippen molar-refractivity contribution in [3.8, 4) is 0 Å². The molecule has 0 aliphatic carbocycles. The van der Waals surface area contributed by atoms with Crippen LogP contribution in [-0.4, -0.2) is 36.5 Å². The molecule has 106 valence electrons. The number of β-amino-alcohol motifs (C(OH)–C–C–N with tert-alkyl or cyclic N) is 1. The van der Waals surface area contributed by atoms with E-state index in [4.69, 9.17) is 5.73 Å². The first-order valence-electron chi connectivity index (χ1n) is 5.67. The van der Waals surface area contributed by atoms with Gasteiger partial charge in [-0.05, 0) is 18.6 Å². The molecule has 0 saturated carbocycles. The van der Waals surface area contributed by atoms with Crippen molar-refractivity contribution in [3.05, 3.63) is 23.8 Å². The Morgan fingerprint density at radius 1 is 1.37 bits per heavy atom. The molecule has 1 fully saturated rings. The van der Waals surface area contributed by atoms with Gasteiger partial charge in [-0.15, -0.1) is 0 Å². The van der Waals surface area contributed by atoms with E-state index in [2.05, 4.69) is 0 Å². The second-order valence-corrected chi connectivity index (χ2v) is 6.54. The maximum absolute atomic E-state index is 13.6. The van der Waals surface area contributed by atoms with Crippen LogP contribution in [0.3, 0.4) is 0 Å². The fourth-order valence-corrected chi connectivity index (χ4v) is 3.65. The lowest BCUT2D eigenvalue weighted by molar-refractivity contribution is -0.0614. The summed E-state index contributed by atoms with van der Waals surface area (Å²) in [6.45, 7) is 1.36. The molecule has 1 aliphatic rings. The fourth-order valence-electron chi connectivity index (χ4n) is 1.96. The highest BCUT2D eigenvalue weighted by molar-refractivity contribution is 7.89. The van der Waals surface area contributed by atoms with E-state index in [1.165, 1.54) is 0 Å². The lowest BCUT2D eigenvalue weighted by atomic mass is 9.94. The molecule has 0 aromatic heterocycles. The Hall–Kier alpha value is -1.25. The van der Waals surface area contributed by atoms with Crippen LogP contribution in [-0.2, 0) is 10.0 Å². The molecule has 8 heteroatoms. The molecule has 19 heavy (non-hydrogen) atoms. The Bertz CT molecular complexity index is 589. The van der Waals surface area contributed by atoms with Crippen LogP contribution in [0.5, 0.6) is 0 Å². The number of rotatable bonds is 3. The molecule has 1 aromatic carbocycles.